The Morgan fingerprint density at radius 1 is 1.17 bits per heavy atom. The van der Waals surface area contributed by atoms with Crippen molar-refractivity contribution in [2.45, 2.75) is 44.2 Å². The SMILES string of the molecule is N[C@@H](Cc1cc(F)cc(F)c1)[C@H](O)C1CCCC1. The Morgan fingerprint density at radius 2 is 1.72 bits per heavy atom. The second-order valence-corrected chi connectivity index (χ2v) is 5.18. The number of benzene rings is 1. The molecule has 2 nitrogen and oxygen atoms in total. The van der Waals surface area contributed by atoms with Gasteiger partial charge in [0.15, 0.2) is 0 Å². The van der Waals surface area contributed by atoms with Crippen LogP contribution in [-0.2, 0) is 6.42 Å². The highest BCUT2D eigenvalue weighted by Crippen LogP contribution is 2.29. The van der Waals surface area contributed by atoms with Gasteiger partial charge in [-0.05, 0) is 42.9 Å². The number of nitrogens with two attached hydrogens (primary N) is 1. The molecule has 100 valence electrons. The van der Waals surface area contributed by atoms with Gasteiger partial charge in [0.25, 0.3) is 0 Å². The quantitative estimate of drug-likeness (QED) is 0.867. The lowest BCUT2D eigenvalue weighted by Crippen LogP contribution is -2.40. The van der Waals surface area contributed by atoms with Crippen molar-refractivity contribution in [2.75, 3.05) is 0 Å². The number of hydrogen-bond donors (Lipinski definition) is 2. The average molecular weight is 255 g/mol. The molecular formula is C14H19F2NO. The van der Waals surface area contributed by atoms with E-state index in [4.69, 9.17) is 5.73 Å². The van der Waals surface area contributed by atoms with Crippen LogP contribution in [0.3, 0.4) is 0 Å². The van der Waals surface area contributed by atoms with Crippen LogP contribution >= 0.6 is 0 Å². The molecule has 1 aromatic carbocycles. The fourth-order valence-corrected chi connectivity index (χ4v) is 2.77. The van der Waals surface area contributed by atoms with Crippen molar-refractivity contribution in [3.63, 3.8) is 0 Å². The fourth-order valence-electron chi connectivity index (χ4n) is 2.77. The summed E-state index contributed by atoms with van der Waals surface area (Å²) in [6.07, 6.45) is 3.95. The summed E-state index contributed by atoms with van der Waals surface area (Å²) in [6, 6.07) is 2.91. The zero-order valence-corrected chi connectivity index (χ0v) is 10.3. The van der Waals surface area contributed by atoms with Gasteiger partial charge in [-0.2, -0.15) is 0 Å². The molecule has 0 unspecified atom stereocenters. The number of halogens is 2. The van der Waals surface area contributed by atoms with Gasteiger partial charge in [-0.3, -0.25) is 0 Å². The molecule has 2 atom stereocenters. The van der Waals surface area contributed by atoms with E-state index in [9.17, 15) is 13.9 Å². The van der Waals surface area contributed by atoms with Gasteiger partial charge in [0.2, 0.25) is 0 Å². The van der Waals surface area contributed by atoms with Crippen LogP contribution in [0.2, 0.25) is 0 Å². The molecule has 0 heterocycles. The predicted molar refractivity (Wildman–Crippen MR) is 66.0 cm³/mol. The van der Waals surface area contributed by atoms with Gasteiger partial charge in [0, 0.05) is 12.1 Å². The number of aliphatic hydroxyl groups is 1. The first kappa shape index (κ1) is 13.4. The summed E-state index contributed by atoms with van der Waals surface area (Å²) in [4.78, 5) is 0. The molecule has 0 saturated heterocycles. The van der Waals surface area contributed by atoms with Crippen LogP contribution in [0, 0.1) is 17.6 Å². The van der Waals surface area contributed by atoms with E-state index in [1.165, 1.54) is 12.1 Å². The van der Waals surface area contributed by atoms with Crippen molar-refractivity contribution in [3.05, 3.63) is 35.4 Å². The Morgan fingerprint density at radius 3 is 2.28 bits per heavy atom. The molecule has 18 heavy (non-hydrogen) atoms. The topological polar surface area (TPSA) is 46.2 Å². The maximum atomic E-state index is 13.0. The smallest absolute Gasteiger partial charge is 0.126 e. The van der Waals surface area contributed by atoms with Gasteiger partial charge < -0.3 is 10.8 Å². The molecule has 0 radical (unpaired) electrons. The van der Waals surface area contributed by atoms with E-state index >= 15 is 0 Å². The molecule has 1 fully saturated rings. The first-order chi connectivity index (χ1) is 8.56. The average Bonchev–Trinajstić information content (AvgIpc) is 2.79. The highest BCUT2D eigenvalue weighted by atomic mass is 19.1. The van der Waals surface area contributed by atoms with E-state index in [1.807, 2.05) is 0 Å². The van der Waals surface area contributed by atoms with Crippen LogP contribution in [0.5, 0.6) is 0 Å². The van der Waals surface area contributed by atoms with Crippen molar-refractivity contribution >= 4 is 0 Å². The molecule has 0 spiro atoms. The molecule has 0 amide bonds. The van der Waals surface area contributed by atoms with E-state index in [1.54, 1.807) is 0 Å². The van der Waals surface area contributed by atoms with E-state index in [2.05, 4.69) is 0 Å². The lowest BCUT2D eigenvalue weighted by atomic mass is 9.91. The molecule has 1 aliphatic carbocycles. The molecule has 4 heteroatoms. The minimum atomic E-state index is -0.604. The highest BCUT2D eigenvalue weighted by Gasteiger charge is 2.27. The van der Waals surface area contributed by atoms with Crippen LogP contribution < -0.4 is 5.73 Å². The third kappa shape index (κ3) is 3.27. The predicted octanol–water partition coefficient (Wildman–Crippen LogP) is 2.39. The van der Waals surface area contributed by atoms with Crippen LogP contribution in [0.25, 0.3) is 0 Å². The van der Waals surface area contributed by atoms with Gasteiger partial charge in [-0.25, -0.2) is 8.78 Å². The zero-order valence-electron chi connectivity index (χ0n) is 10.3. The van der Waals surface area contributed by atoms with Gasteiger partial charge in [0.1, 0.15) is 11.6 Å². The normalized spacial score (nSPS) is 20.0. The lowest BCUT2D eigenvalue weighted by Gasteiger charge is -2.24. The van der Waals surface area contributed by atoms with Crippen LogP contribution in [0.15, 0.2) is 18.2 Å². The summed E-state index contributed by atoms with van der Waals surface area (Å²) < 4.78 is 26.1. The van der Waals surface area contributed by atoms with Gasteiger partial charge in [-0.1, -0.05) is 12.8 Å². The summed E-state index contributed by atoms with van der Waals surface area (Å²) in [5.74, 6) is -0.974. The standard InChI is InChI=1S/C14H19F2NO/c15-11-5-9(6-12(16)8-11)7-13(17)14(18)10-3-1-2-4-10/h5-6,8,10,13-14,18H,1-4,7,17H2/t13-,14+/m0/s1. The van der Waals surface area contributed by atoms with Gasteiger partial charge >= 0.3 is 0 Å². The third-order valence-corrected chi connectivity index (χ3v) is 3.72. The fraction of sp³-hybridized carbons (Fsp3) is 0.571. The van der Waals surface area contributed by atoms with Crippen LogP contribution in [-0.4, -0.2) is 17.3 Å². The zero-order chi connectivity index (χ0) is 13.1. The maximum absolute atomic E-state index is 13.0. The number of rotatable bonds is 4. The molecule has 0 aromatic heterocycles. The minimum absolute atomic E-state index is 0.235. The molecule has 3 N–H and O–H groups in total. The maximum Gasteiger partial charge on any atom is 0.126 e. The second-order valence-electron chi connectivity index (χ2n) is 5.18. The van der Waals surface area contributed by atoms with E-state index < -0.39 is 23.8 Å². The van der Waals surface area contributed by atoms with E-state index in [-0.39, 0.29) is 5.92 Å². The van der Waals surface area contributed by atoms with Crippen LogP contribution in [0.4, 0.5) is 8.78 Å². The molecular weight excluding hydrogens is 236 g/mol. The Bertz CT molecular complexity index is 385. The molecule has 0 aliphatic heterocycles. The van der Waals surface area contributed by atoms with Gasteiger partial charge in [0.05, 0.1) is 6.10 Å². The highest BCUT2D eigenvalue weighted by molar-refractivity contribution is 5.19. The van der Waals surface area contributed by atoms with E-state index in [0.717, 1.165) is 31.7 Å². The molecule has 0 bridgehead atoms. The Labute approximate surface area is 106 Å². The molecule has 1 aromatic rings. The van der Waals surface area contributed by atoms with Crippen molar-refractivity contribution < 1.29 is 13.9 Å². The first-order valence-electron chi connectivity index (χ1n) is 6.45. The Hall–Kier alpha value is -1.00. The summed E-state index contributed by atoms with van der Waals surface area (Å²) in [6.45, 7) is 0. The Kier molecular flexibility index (Phi) is 4.30. The van der Waals surface area contributed by atoms with Crippen molar-refractivity contribution in [1.82, 2.24) is 0 Å². The second kappa shape index (κ2) is 5.76. The van der Waals surface area contributed by atoms with Crippen molar-refractivity contribution in [1.29, 1.82) is 0 Å². The largest absolute Gasteiger partial charge is 0.391 e. The monoisotopic (exact) mass is 255 g/mol. The Balaban J connectivity index is 1.99. The third-order valence-electron chi connectivity index (χ3n) is 3.72. The van der Waals surface area contributed by atoms with E-state index in [0.29, 0.717) is 12.0 Å². The first-order valence-corrected chi connectivity index (χ1v) is 6.45. The lowest BCUT2D eigenvalue weighted by molar-refractivity contribution is 0.0845. The minimum Gasteiger partial charge on any atom is -0.391 e. The molecule has 1 aliphatic rings. The summed E-state index contributed by atoms with van der Waals surface area (Å²) in [5.41, 5.74) is 6.43. The summed E-state index contributed by atoms with van der Waals surface area (Å²) in [5, 5.41) is 10.1. The molecule has 2 rings (SSSR count). The molecule has 1 saturated carbocycles. The summed E-state index contributed by atoms with van der Waals surface area (Å²) in [7, 11) is 0. The van der Waals surface area contributed by atoms with Crippen molar-refractivity contribution in [2.24, 2.45) is 11.7 Å². The number of aliphatic hydroxyl groups excluding tert-OH is 1. The van der Waals surface area contributed by atoms with Crippen molar-refractivity contribution in [3.8, 4) is 0 Å². The van der Waals surface area contributed by atoms with Crippen LogP contribution in [0.1, 0.15) is 31.2 Å². The van der Waals surface area contributed by atoms with Gasteiger partial charge in [-0.15, -0.1) is 0 Å². The number of hydrogen-bond acceptors (Lipinski definition) is 2. The summed E-state index contributed by atoms with van der Waals surface area (Å²) >= 11 is 0.